The van der Waals surface area contributed by atoms with Crippen LogP contribution in [0.4, 0.5) is 4.39 Å². The number of carbonyl (C=O) groups is 2. The SMILES string of the molecule is CCCN(CC(=O)N1CCn2cccc2C1c1cccc(F)c1)C(=O)c1ccc(C(C)(C)C)cc1. The van der Waals surface area contributed by atoms with E-state index in [1.54, 1.807) is 15.9 Å². The van der Waals surface area contributed by atoms with E-state index in [1.807, 2.05) is 55.6 Å². The van der Waals surface area contributed by atoms with Gasteiger partial charge in [-0.1, -0.05) is 52.0 Å². The van der Waals surface area contributed by atoms with E-state index < -0.39 is 6.04 Å². The molecule has 0 radical (unpaired) electrons. The van der Waals surface area contributed by atoms with E-state index in [1.165, 1.54) is 12.1 Å². The maximum atomic E-state index is 14.1. The smallest absolute Gasteiger partial charge is 0.254 e. The van der Waals surface area contributed by atoms with Gasteiger partial charge in [0.2, 0.25) is 5.91 Å². The average Bonchev–Trinajstić information content (AvgIpc) is 3.31. The quantitative estimate of drug-likeness (QED) is 0.479. The van der Waals surface area contributed by atoms with Gasteiger partial charge in [0.15, 0.2) is 0 Å². The second kappa shape index (κ2) is 10.1. The second-order valence-corrected chi connectivity index (χ2v) is 10.2. The summed E-state index contributed by atoms with van der Waals surface area (Å²) in [7, 11) is 0. The zero-order valence-corrected chi connectivity index (χ0v) is 21.0. The van der Waals surface area contributed by atoms with Gasteiger partial charge in [-0.2, -0.15) is 0 Å². The topological polar surface area (TPSA) is 45.6 Å². The molecule has 1 unspecified atom stereocenters. The summed E-state index contributed by atoms with van der Waals surface area (Å²) in [5, 5.41) is 0. The van der Waals surface area contributed by atoms with Gasteiger partial charge in [0.05, 0.1) is 6.04 Å². The summed E-state index contributed by atoms with van der Waals surface area (Å²) < 4.78 is 16.2. The van der Waals surface area contributed by atoms with Crippen LogP contribution >= 0.6 is 0 Å². The van der Waals surface area contributed by atoms with Gasteiger partial charge in [0.25, 0.3) is 5.91 Å². The third-order valence-corrected chi connectivity index (χ3v) is 6.63. The molecule has 2 heterocycles. The highest BCUT2D eigenvalue weighted by Gasteiger charge is 2.33. The summed E-state index contributed by atoms with van der Waals surface area (Å²) in [6.07, 6.45) is 2.73. The number of rotatable bonds is 6. The van der Waals surface area contributed by atoms with Crippen molar-refractivity contribution >= 4 is 11.8 Å². The first kappa shape index (κ1) is 24.7. The van der Waals surface area contributed by atoms with E-state index in [9.17, 15) is 14.0 Å². The fourth-order valence-electron chi connectivity index (χ4n) is 4.75. The molecular weight excluding hydrogens is 441 g/mol. The van der Waals surface area contributed by atoms with Crippen LogP contribution in [0.2, 0.25) is 0 Å². The Balaban J connectivity index is 1.58. The number of benzene rings is 2. The normalized spacial score (nSPS) is 15.6. The van der Waals surface area contributed by atoms with Gasteiger partial charge in [0, 0.05) is 37.1 Å². The van der Waals surface area contributed by atoms with Crippen molar-refractivity contribution in [2.45, 2.75) is 52.1 Å². The van der Waals surface area contributed by atoms with E-state index in [4.69, 9.17) is 0 Å². The first-order valence-corrected chi connectivity index (χ1v) is 12.3. The number of hydrogen-bond acceptors (Lipinski definition) is 2. The number of amides is 2. The van der Waals surface area contributed by atoms with E-state index in [0.29, 0.717) is 25.2 Å². The fraction of sp³-hybridized carbons (Fsp3) is 0.379. The van der Waals surface area contributed by atoms with Gasteiger partial charge in [0.1, 0.15) is 12.4 Å². The Bertz CT molecular complexity index is 1190. The zero-order chi connectivity index (χ0) is 25.2. The lowest BCUT2D eigenvalue weighted by Gasteiger charge is -2.38. The summed E-state index contributed by atoms with van der Waals surface area (Å²) in [6.45, 7) is 10.0. The molecule has 0 saturated heterocycles. The molecule has 35 heavy (non-hydrogen) atoms. The summed E-state index contributed by atoms with van der Waals surface area (Å²) in [5.41, 5.74) is 3.40. The van der Waals surface area contributed by atoms with Crippen LogP contribution in [0.25, 0.3) is 0 Å². The Labute approximate surface area is 207 Å². The highest BCUT2D eigenvalue weighted by atomic mass is 19.1. The molecule has 0 bridgehead atoms. The lowest BCUT2D eigenvalue weighted by molar-refractivity contribution is -0.134. The Morgan fingerprint density at radius 2 is 1.77 bits per heavy atom. The fourth-order valence-corrected chi connectivity index (χ4v) is 4.75. The first-order chi connectivity index (χ1) is 16.7. The molecular formula is C29H34FN3O2. The van der Waals surface area contributed by atoms with Crippen LogP contribution in [0.1, 0.15) is 67.3 Å². The van der Waals surface area contributed by atoms with Gasteiger partial charge in [-0.25, -0.2) is 4.39 Å². The third kappa shape index (κ3) is 5.31. The molecule has 0 saturated carbocycles. The predicted octanol–water partition coefficient (Wildman–Crippen LogP) is 5.41. The summed E-state index contributed by atoms with van der Waals surface area (Å²) >= 11 is 0. The Kier molecular flexibility index (Phi) is 7.10. The van der Waals surface area contributed by atoms with E-state index in [-0.39, 0.29) is 29.6 Å². The predicted molar refractivity (Wildman–Crippen MR) is 136 cm³/mol. The van der Waals surface area contributed by atoms with Crippen molar-refractivity contribution in [3.63, 3.8) is 0 Å². The lowest BCUT2D eigenvalue weighted by Crippen LogP contribution is -2.48. The number of halogens is 1. The molecule has 3 aromatic rings. The van der Waals surface area contributed by atoms with Crippen LogP contribution in [-0.2, 0) is 16.8 Å². The highest BCUT2D eigenvalue weighted by molar-refractivity contribution is 5.96. The molecule has 0 spiro atoms. The minimum atomic E-state index is -0.397. The van der Waals surface area contributed by atoms with Crippen molar-refractivity contribution in [3.8, 4) is 0 Å². The molecule has 1 atom stereocenters. The summed E-state index contributed by atoms with van der Waals surface area (Å²) in [4.78, 5) is 30.4. The van der Waals surface area contributed by atoms with Gasteiger partial charge in [-0.15, -0.1) is 0 Å². The van der Waals surface area contributed by atoms with Gasteiger partial charge < -0.3 is 14.4 Å². The van der Waals surface area contributed by atoms with Gasteiger partial charge in [-0.05, 0) is 59.4 Å². The van der Waals surface area contributed by atoms with Crippen molar-refractivity contribution in [2.24, 2.45) is 0 Å². The lowest BCUT2D eigenvalue weighted by atomic mass is 9.86. The van der Waals surface area contributed by atoms with Crippen molar-refractivity contribution in [1.29, 1.82) is 0 Å². The number of fused-ring (bicyclic) bond motifs is 1. The van der Waals surface area contributed by atoms with Crippen molar-refractivity contribution < 1.29 is 14.0 Å². The standard InChI is InChI=1S/C29H34FN3O2/c1-5-15-32(28(35)21-11-13-23(14-12-21)29(2,3)4)20-26(34)33-18-17-31-16-7-10-25(31)27(33)22-8-6-9-24(30)19-22/h6-14,16,19,27H,5,15,17-18,20H2,1-4H3. The summed E-state index contributed by atoms with van der Waals surface area (Å²) in [6, 6.07) is 17.6. The van der Waals surface area contributed by atoms with Gasteiger partial charge >= 0.3 is 0 Å². The van der Waals surface area contributed by atoms with E-state index in [2.05, 4.69) is 25.3 Å². The first-order valence-electron chi connectivity index (χ1n) is 12.3. The van der Waals surface area contributed by atoms with E-state index >= 15 is 0 Å². The van der Waals surface area contributed by atoms with Crippen LogP contribution in [-0.4, -0.2) is 45.8 Å². The molecule has 1 aliphatic heterocycles. The molecule has 1 aromatic heterocycles. The molecule has 0 fully saturated rings. The van der Waals surface area contributed by atoms with Crippen LogP contribution in [0, 0.1) is 5.82 Å². The number of carbonyl (C=O) groups excluding carboxylic acids is 2. The third-order valence-electron chi connectivity index (χ3n) is 6.63. The number of aromatic nitrogens is 1. The molecule has 184 valence electrons. The molecule has 2 amide bonds. The maximum absolute atomic E-state index is 14.1. The van der Waals surface area contributed by atoms with Crippen molar-refractivity contribution in [3.05, 3.63) is 95.1 Å². The van der Waals surface area contributed by atoms with Crippen LogP contribution < -0.4 is 0 Å². The highest BCUT2D eigenvalue weighted by Crippen LogP contribution is 2.33. The van der Waals surface area contributed by atoms with E-state index in [0.717, 1.165) is 23.2 Å². The molecule has 2 aromatic carbocycles. The molecule has 0 aliphatic carbocycles. The Hall–Kier alpha value is -3.41. The molecule has 4 rings (SSSR count). The minimum Gasteiger partial charge on any atom is -0.348 e. The Morgan fingerprint density at radius 3 is 2.43 bits per heavy atom. The maximum Gasteiger partial charge on any atom is 0.254 e. The largest absolute Gasteiger partial charge is 0.348 e. The molecule has 1 aliphatic rings. The molecule has 5 nitrogen and oxygen atoms in total. The molecule has 0 N–H and O–H groups in total. The number of nitrogens with zero attached hydrogens (tertiary/aromatic N) is 3. The average molecular weight is 476 g/mol. The van der Waals surface area contributed by atoms with Crippen LogP contribution in [0.3, 0.4) is 0 Å². The second-order valence-electron chi connectivity index (χ2n) is 10.2. The van der Waals surface area contributed by atoms with Crippen molar-refractivity contribution in [1.82, 2.24) is 14.4 Å². The minimum absolute atomic E-state index is 0.00149. The molecule has 6 heteroatoms. The van der Waals surface area contributed by atoms with Crippen molar-refractivity contribution in [2.75, 3.05) is 19.6 Å². The monoisotopic (exact) mass is 475 g/mol. The van der Waals surface area contributed by atoms with Crippen LogP contribution in [0.5, 0.6) is 0 Å². The zero-order valence-electron chi connectivity index (χ0n) is 21.0. The number of hydrogen-bond donors (Lipinski definition) is 0. The Morgan fingerprint density at radius 1 is 1.03 bits per heavy atom. The van der Waals surface area contributed by atoms with Gasteiger partial charge in [-0.3, -0.25) is 9.59 Å². The summed E-state index contributed by atoms with van der Waals surface area (Å²) in [5.74, 6) is -0.622. The van der Waals surface area contributed by atoms with Crippen LogP contribution in [0.15, 0.2) is 66.9 Å².